The Labute approximate surface area is 110 Å². The second kappa shape index (κ2) is 7.00. The van der Waals surface area contributed by atoms with E-state index in [-0.39, 0.29) is 5.97 Å². The van der Waals surface area contributed by atoms with Gasteiger partial charge in [-0.25, -0.2) is 4.79 Å². The van der Waals surface area contributed by atoms with Gasteiger partial charge in [-0.05, 0) is 50.0 Å². The predicted octanol–water partition coefficient (Wildman–Crippen LogP) is 3.97. The van der Waals surface area contributed by atoms with Crippen molar-refractivity contribution in [1.82, 2.24) is 0 Å². The molecule has 1 rings (SSSR count). The molecule has 0 aliphatic carbocycles. The summed E-state index contributed by atoms with van der Waals surface area (Å²) in [4.78, 5) is 11.5. The molecule has 0 radical (unpaired) electrons. The summed E-state index contributed by atoms with van der Waals surface area (Å²) in [5, 5.41) is 0. The second-order valence-corrected chi connectivity index (χ2v) is 4.67. The van der Waals surface area contributed by atoms with Crippen LogP contribution in [0.15, 0.2) is 18.2 Å². The Hall–Kier alpha value is -1.57. The van der Waals surface area contributed by atoms with Gasteiger partial charge in [0.15, 0.2) is 0 Å². The first-order valence-electron chi connectivity index (χ1n) is 6.47. The molecule has 1 aromatic rings. The number of hydrogen-bond donors (Lipinski definition) is 0. The van der Waals surface area contributed by atoms with Crippen LogP contribution in [0.4, 0.5) is 0 Å². The van der Waals surface area contributed by atoms with Crippen LogP contribution in [-0.4, -0.2) is 12.6 Å². The number of rotatable bonds is 5. The van der Waals surface area contributed by atoms with Crippen LogP contribution >= 0.6 is 0 Å². The monoisotopic (exact) mass is 246 g/mol. The van der Waals surface area contributed by atoms with Gasteiger partial charge in [0.05, 0.1) is 6.61 Å². The lowest BCUT2D eigenvalue weighted by atomic mass is 9.99. The molecule has 0 saturated carbocycles. The van der Waals surface area contributed by atoms with Gasteiger partial charge in [0, 0.05) is 6.08 Å². The molecule has 0 aliphatic rings. The quantitative estimate of drug-likeness (QED) is 0.446. The zero-order valence-electron chi connectivity index (χ0n) is 11.7. The van der Waals surface area contributed by atoms with E-state index < -0.39 is 0 Å². The minimum atomic E-state index is -0.261. The van der Waals surface area contributed by atoms with Crippen LogP contribution in [0, 0.1) is 20.8 Å². The van der Waals surface area contributed by atoms with Crippen LogP contribution in [0.25, 0.3) is 6.08 Å². The van der Waals surface area contributed by atoms with Crippen molar-refractivity contribution < 1.29 is 9.53 Å². The number of carbonyl (C=O) groups excluding carboxylic acids is 1. The first-order valence-corrected chi connectivity index (χ1v) is 6.47. The van der Waals surface area contributed by atoms with Crippen molar-refractivity contribution >= 4 is 12.0 Å². The Balaban J connectivity index is 2.70. The van der Waals surface area contributed by atoms with E-state index in [0.717, 1.165) is 18.4 Å². The Bertz CT molecular complexity index is 421. The Kier molecular flexibility index (Phi) is 5.63. The summed E-state index contributed by atoms with van der Waals surface area (Å²) in [6.45, 7) is 8.77. The Morgan fingerprint density at radius 1 is 1.22 bits per heavy atom. The van der Waals surface area contributed by atoms with Gasteiger partial charge in [0.25, 0.3) is 0 Å². The highest BCUT2D eigenvalue weighted by Gasteiger charge is 2.02. The molecule has 0 amide bonds. The summed E-state index contributed by atoms with van der Waals surface area (Å²) in [5.74, 6) is -0.261. The fourth-order valence-electron chi connectivity index (χ4n) is 1.97. The second-order valence-electron chi connectivity index (χ2n) is 4.67. The summed E-state index contributed by atoms with van der Waals surface area (Å²) in [6.07, 6.45) is 5.31. The van der Waals surface area contributed by atoms with Gasteiger partial charge < -0.3 is 4.74 Å². The molecule has 0 atom stereocenters. The lowest BCUT2D eigenvalue weighted by Gasteiger charge is -2.07. The third-order valence-corrected chi connectivity index (χ3v) is 2.87. The molecule has 0 heterocycles. The molecule has 0 bridgehead atoms. The van der Waals surface area contributed by atoms with Gasteiger partial charge in [-0.2, -0.15) is 0 Å². The molecule has 2 heteroatoms. The molecule has 0 aromatic heterocycles. The standard InChI is InChI=1S/C16H22O2/c1-5-6-9-18-16(17)8-7-15-13(3)10-12(2)11-14(15)4/h7-8,10-11H,5-6,9H2,1-4H3/b8-7+. The summed E-state index contributed by atoms with van der Waals surface area (Å²) in [5.41, 5.74) is 4.72. The minimum Gasteiger partial charge on any atom is -0.463 e. The molecular weight excluding hydrogens is 224 g/mol. The predicted molar refractivity (Wildman–Crippen MR) is 75.6 cm³/mol. The Morgan fingerprint density at radius 2 is 1.83 bits per heavy atom. The van der Waals surface area contributed by atoms with Gasteiger partial charge in [0.2, 0.25) is 0 Å². The molecule has 98 valence electrons. The van der Waals surface area contributed by atoms with E-state index in [1.54, 1.807) is 0 Å². The van der Waals surface area contributed by atoms with Crippen molar-refractivity contribution in [2.45, 2.75) is 40.5 Å². The minimum absolute atomic E-state index is 0.261. The van der Waals surface area contributed by atoms with E-state index in [4.69, 9.17) is 4.74 Å². The third kappa shape index (κ3) is 4.36. The van der Waals surface area contributed by atoms with E-state index >= 15 is 0 Å². The number of unbranched alkanes of at least 4 members (excludes halogenated alkanes) is 1. The lowest BCUT2D eigenvalue weighted by Crippen LogP contribution is -2.02. The van der Waals surface area contributed by atoms with E-state index in [1.807, 2.05) is 6.08 Å². The number of aryl methyl sites for hydroxylation is 3. The molecule has 1 aromatic carbocycles. The van der Waals surface area contributed by atoms with Crippen LogP contribution in [-0.2, 0) is 9.53 Å². The van der Waals surface area contributed by atoms with Crippen molar-refractivity contribution in [2.24, 2.45) is 0 Å². The van der Waals surface area contributed by atoms with Crippen molar-refractivity contribution in [1.29, 1.82) is 0 Å². The van der Waals surface area contributed by atoms with E-state index in [2.05, 4.69) is 39.8 Å². The molecule has 0 spiro atoms. The van der Waals surface area contributed by atoms with Crippen molar-refractivity contribution in [2.75, 3.05) is 6.61 Å². The molecule has 0 saturated heterocycles. The number of ether oxygens (including phenoxy) is 1. The molecule has 0 aliphatic heterocycles. The van der Waals surface area contributed by atoms with Crippen molar-refractivity contribution in [3.63, 3.8) is 0 Å². The topological polar surface area (TPSA) is 26.3 Å². The summed E-state index contributed by atoms with van der Waals surface area (Å²) < 4.78 is 5.08. The zero-order chi connectivity index (χ0) is 13.5. The smallest absolute Gasteiger partial charge is 0.330 e. The highest BCUT2D eigenvalue weighted by atomic mass is 16.5. The summed E-state index contributed by atoms with van der Waals surface area (Å²) >= 11 is 0. The largest absolute Gasteiger partial charge is 0.463 e. The van der Waals surface area contributed by atoms with Gasteiger partial charge >= 0.3 is 5.97 Å². The first kappa shape index (κ1) is 14.5. The van der Waals surface area contributed by atoms with Gasteiger partial charge in [-0.1, -0.05) is 31.0 Å². The average Bonchev–Trinajstić information content (AvgIpc) is 2.27. The van der Waals surface area contributed by atoms with Crippen LogP contribution < -0.4 is 0 Å². The van der Waals surface area contributed by atoms with Crippen molar-refractivity contribution in [3.05, 3.63) is 40.5 Å². The number of esters is 1. The highest BCUT2D eigenvalue weighted by molar-refractivity contribution is 5.87. The summed E-state index contributed by atoms with van der Waals surface area (Å²) in [6, 6.07) is 4.24. The molecule has 18 heavy (non-hydrogen) atoms. The fraction of sp³-hybridized carbons (Fsp3) is 0.438. The van der Waals surface area contributed by atoms with Crippen LogP contribution in [0.2, 0.25) is 0 Å². The van der Waals surface area contributed by atoms with E-state index in [9.17, 15) is 4.79 Å². The maximum absolute atomic E-state index is 11.5. The molecule has 0 fully saturated rings. The fourth-order valence-corrected chi connectivity index (χ4v) is 1.97. The van der Waals surface area contributed by atoms with Crippen molar-refractivity contribution in [3.8, 4) is 0 Å². The molecule has 2 nitrogen and oxygen atoms in total. The maximum Gasteiger partial charge on any atom is 0.330 e. The van der Waals surface area contributed by atoms with Gasteiger partial charge in [-0.3, -0.25) is 0 Å². The van der Waals surface area contributed by atoms with E-state index in [0.29, 0.717) is 6.61 Å². The van der Waals surface area contributed by atoms with E-state index in [1.165, 1.54) is 22.8 Å². The zero-order valence-corrected chi connectivity index (χ0v) is 11.7. The molecule has 0 N–H and O–H groups in total. The normalized spacial score (nSPS) is 10.9. The number of benzene rings is 1. The average molecular weight is 246 g/mol. The molecular formula is C16H22O2. The maximum atomic E-state index is 11.5. The Morgan fingerprint density at radius 3 is 2.39 bits per heavy atom. The number of carbonyl (C=O) groups is 1. The third-order valence-electron chi connectivity index (χ3n) is 2.87. The van der Waals surface area contributed by atoms with Gasteiger partial charge in [-0.15, -0.1) is 0 Å². The SMILES string of the molecule is CCCCOC(=O)/C=C/c1c(C)cc(C)cc1C. The van der Waals surface area contributed by atoms with Gasteiger partial charge in [0.1, 0.15) is 0 Å². The summed E-state index contributed by atoms with van der Waals surface area (Å²) in [7, 11) is 0. The molecule has 0 unspecified atom stereocenters. The van der Waals surface area contributed by atoms with Crippen LogP contribution in [0.3, 0.4) is 0 Å². The number of hydrogen-bond acceptors (Lipinski definition) is 2. The first-order chi connectivity index (χ1) is 8.54. The van der Waals surface area contributed by atoms with Crippen LogP contribution in [0.5, 0.6) is 0 Å². The van der Waals surface area contributed by atoms with Crippen LogP contribution in [0.1, 0.15) is 42.0 Å². The lowest BCUT2D eigenvalue weighted by molar-refractivity contribution is -0.137. The highest BCUT2D eigenvalue weighted by Crippen LogP contribution is 2.17.